The SMILES string of the molecule is C[C@@H](/C=C/CC(=O)N1CCC[C@H]1CO)[C@]1(O)C(=O)N(Cc2ccc(N3C(=O)CCc4ccccc43)cc2)c2ccc(N3C(=O)CCc4ccccc43)cc21. The number of hydrogen-bond donors (Lipinski definition) is 2. The summed E-state index contributed by atoms with van der Waals surface area (Å²) in [5.74, 6) is -1.39. The molecule has 0 spiro atoms. The Hall–Kier alpha value is -5.58. The van der Waals surface area contributed by atoms with Crippen molar-refractivity contribution in [3.63, 3.8) is 0 Å². The van der Waals surface area contributed by atoms with Gasteiger partial charge in [-0.2, -0.15) is 0 Å². The predicted octanol–water partition coefficient (Wildman–Crippen LogP) is 6.21. The molecule has 4 aromatic rings. The molecule has 0 aromatic heterocycles. The molecule has 3 atom stereocenters. The van der Waals surface area contributed by atoms with Gasteiger partial charge in [-0.3, -0.25) is 29.0 Å². The third-order valence-corrected chi connectivity index (χ3v) is 11.5. The van der Waals surface area contributed by atoms with Gasteiger partial charge in [-0.15, -0.1) is 0 Å². The van der Waals surface area contributed by atoms with Crippen molar-refractivity contribution in [2.45, 2.75) is 70.1 Å². The first-order valence-electron chi connectivity index (χ1n) is 18.9. The molecule has 1 fully saturated rings. The molecule has 8 rings (SSSR count). The summed E-state index contributed by atoms with van der Waals surface area (Å²) >= 11 is 0. The highest BCUT2D eigenvalue weighted by Gasteiger charge is 2.53. The lowest BCUT2D eigenvalue weighted by atomic mass is 9.82. The average Bonchev–Trinajstić information content (AvgIpc) is 3.76. The Morgan fingerprint density at radius 2 is 1.43 bits per heavy atom. The molecule has 0 aliphatic carbocycles. The van der Waals surface area contributed by atoms with E-state index < -0.39 is 17.4 Å². The quantitative estimate of drug-likeness (QED) is 0.198. The molecular formula is C44H44N4O6. The summed E-state index contributed by atoms with van der Waals surface area (Å²) < 4.78 is 0. The van der Waals surface area contributed by atoms with Gasteiger partial charge >= 0.3 is 0 Å². The first-order chi connectivity index (χ1) is 26.2. The van der Waals surface area contributed by atoms with E-state index in [2.05, 4.69) is 0 Å². The van der Waals surface area contributed by atoms with Crippen LogP contribution in [0, 0.1) is 5.92 Å². The number of hydrogen-bond acceptors (Lipinski definition) is 6. The molecule has 0 saturated carbocycles. The van der Waals surface area contributed by atoms with Crippen LogP contribution < -0.4 is 14.7 Å². The van der Waals surface area contributed by atoms with E-state index in [0.29, 0.717) is 49.2 Å². The summed E-state index contributed by atoms with van der Waals surface area (Å²) in [5.41, 5.74) is 4.85. The fraction of sp³-hybridized carbons (Fsp3) is 0.318. The molecule has 4 amide bonds. The number of nitrogens with zero attached hydrogens (tertiary/aromatic N) is 4. The number of anilines is 5. The van der Waals surface area contributed by atoms with Crippen LogP contribution in [0.15, 0.2) is 103 Å². The van der Waals surface area contributed by atoms with Gasteiger partial charge in [0.15, 0.2) is 5.60 Å². The summed E-state index contributed by atoms with van der Waals surface area (Å²) in [6.45, 7) is 2.44. The van der Waals surface area contributed by atoms with Crippen LogP contribution in [0.5, 0.6) is 0 Å². The number of benzene rings is 4. The van der Waals surface area contributed by atoms with E-state index in [1.165, 1.54) is 0 Å². The number of para-hydroxylation sites is 2. The van der Waals surface area contributed by atoms with Crippen molar-refractivity contribution >= 4 is 52.1 Å². The van der Waals surface area contributed by atoms with Crippen LogP contribution in [0.2, 0.25) is 0 Å². The van der Waals surface area contributed by atoms with Crippen LogP contribution in [0.3, 0.4) is 0 Å². The number of likely N-dealkylation sites (tertiary alicyclic amines) is 1. The second-order valence-corrected chi connectivity index (χ2v) is 14.7. The normalized spacial score (nSPS) is 21.5. The second-order valence-electron chi connectivity index (χ2n) is 14.7. The Morgan fingerprint density at radius 3 is 2.07 bits per heavy atom. The van der Waals surface area contributed by atoms with E-state index in [4.69, 9.17) is 0 Å². The molecule has 0 radical (unpaired) electrons. The number of carbonyl (C=O) groups excluding carboxylic acids is 4. The number of carbonyl (C=O) groups is 4. The van der Waals surface area contributed by atoms with Gasteiger partial charge in [-0.1, -0.05) is 67.6 Å². The molecule has 2 N–H and O–H groups in total. The minimum atomic E-state index is -1.99. The summed E-state index contributed by atoms with van der Waals surface area (Å²) in [5, 5.41) is 22.3. The Kier molecular flexibility index (Phi) is 9.41. The predicted molar refractivity (Wildman–Crippen MR) is 207 cm³/mol. The van der Waals surface area contributed by atoms with Crippen molar-refractivity contribution in [2.24, 2.45) is 5.92 Å². The lowest BCUT2D eigenvalue weighted by molar-refractivity contribution is -0.139. The minimum absolute atomic E-state index is 0.0261. The summed E-state index contributed by atoms with van der Waals surface area (Å²) in [6.07, 6.45) is 7.21. The lowest BCUT2D eigenvalue weighted by Crippen LogP contribution is -2.44. The van der Waals surface area contributed by atoms with Gasteiger partial charge in [0.2, 0.25) is 17.7 Å². The molecular weight excluding hydrogens is 681 g/mol. The van der Waals surface area contributed by atoms with Crippen molar-refractivity contribution in [3.8, 4) is 0 Å². The fourth-order valence-electron chi connectivity index (χ4n) is 8.57. The molecule has 4 heterocycles. The molecule has 10 nitrogen and oxygen atoms in total. The maximum atomic E-state index is 14.6. The van der Waals surface area contributed by atoms with Gasteiger partial charge in [0.1, 0.15) is 0 Å². The standard InChI is InChI=1S/C44H44N4O6/c1-29(8-6-14-40(50)45-25-7-11-35(45)28-49)44(54)36-26-34(48-38-13-5-3-10-32(38)18-24-42(48)52)21-22-39(36)46(43(44)53)27-30-15-19-33(20-16-30)47-37-12-4-2-9-31(37)17-23-41(47)51/h2-6,8-10,12-13,15-16,19-22,26,29,35,49,54H,7,11,14,17-18,23-25,27-28H2,1H3/b8-6+/t29-,35-,44+/m0/s1. The van der Waals surface area contributed by atoms with Gasteiger partial charge in [-0.05, 0) is 84.8 Å². The second kappa shape index (κ2) is 14.3. The Labute approximate surface area is 314 Å². The van der Waals surface area contributed by atoms with Crippen molar-refractivity contribution in [1.29, 1.82) is 0 Å². The van der Waals surface area contributed by atoms with E-state index in [9.17, 15) is 29.4 Å². The smallest absolute Gasteiger partial charge is 0.264 e. The van der Waals surface area contributed by atoms with Crippen molar-refractivity contribution in [3.05, 3.63) is 125 Å². The summed E-state index contributed by atoms with van der Waals surface area (Å²) in [7, 11) is 0. The van der Waals surface area contributed by atoms with Gasteiger partial charge in [0, 0.05) is 48.7 Å². The monoisotopic (exact) mass is 724 g/mol. The minimum Gasteiger partial charge on any atom is -0.394 e. The number of aryl methyl sites for hydroxylation is 2. The molecule has 10 heteroatoms. The topological polar surface area (TPSA) is 122 Å². The van der Waals surface area contributed by atoms with Crippen LogP contribution in [0.4, 0.5) is 28.4 Å². The van der Waals surface area contributed by atoms with E-state index in [1.807, 2.05) is 78.9 Å². The lowest BCUT2D eigenvalue weighted by Gasteiger charge is -2.31. The number of aliphatic hydroxyl groups excluding tert-OH is 1. The van der Waals surface area contributed by atoms with Crippen LogP contribution >= 0.6 is 0 Å². The Balaban J connectivity index is 1.11. The molecule has 4 aliphatic rings. The van der Waals surface area contributed by atoms with E-state index in [0.717, 1.165) is 46.6 Å². The van der Waals surface area contributed by atoms with Crippen LogP contribution in [-0.4, -0.2) is 57.9 Å². The number of aliphatic hydroxyl groups is 2. The molecule has 276 valence electrons. The van der Waals surface area contributed by atoms with E-state index in [1.54, 1.807) is 50.8 Å². The first kappa shape index (κ1) is 35.4. The van der Waals surface area contributed by atoms with Crippen LogP contribution in [0.1, 0.15) is 61.3 Å². The number of rotatable bonds is 9. The van der Waals surface area contributed by atoms with Gasteiger partial charge < -0.3 is 20.0 Å². The summed E-state index contributed by atoms with van der Waals surface area (Å²) in [6, 6.07) is 28.4. The van der Waals surface area contributed by atoms with E-state index in [-0.39, 0.29) is 43.3 Å². The molecule has 0 unspecified atom stereocenters. The van der Waals surface area contributed by atoms with Crippen LogP contribution in [0.25, 0.3) is 0 Å². The van der Waals surface area contributed by atoms with Crippen LogP contribution in [-0.2, 0) is 44.2 Å². The Morgan fingerprint density at radius 1 is 0.815 bits per heavy atom. The van der Waals surface area contributed by atoms with Crippen molar-refractivity contribution in [1.82, 2.24) is 4.90 Å². The zero-order valence-corrected chi connectivity index (χ0v) is 30.4. The number of amides is 4. The van der Waals surface area contributed by atoms with Crippen molar-refractivity contribution < 1.29 is 29.4 Å². The fourth-order valence-corrected chi connectivity index (χ4v) is 8.57. The highest BCUT2D eigenvalue weighted by atomic mass is 16.3. The third-order valence-electron chi connectivity index (χ3n) is 11.5. The van der Waals surface area contributed by atoms with Gasteiger partial charge in [0.05, 0.1) is 36.3 Å². The summed E-state index contributed by atoms with van der Waals surface area (Å²) in [4.78, 5) is 60.8. The Bertz CT molecular complexity index is 2160. The largest absolute Gasteiger partial charge is 0.394 e. The van der Waals surface area contributed by atoms with E-state index >= 15 is 0 Å². The molecule has 0 bridgehead atoms. The van der Waals surface area contributed by atoms with Gasteiger partial charge in [0.25, 0.3) is 5.91 Å². The average molecular weight is 725 g/mol. The van der Waals surface area contributed by atoms with Gasteiger partial charge in [-0.25, -0.2) is 0 Å². The molecule has 4 aromatic carbocycles. The van der Waals surface area contributed by atoms with Crippen molar-refractivity contribution in [2.75, 3.05) is 27.9 Å². The number of fused-ring (bicyclic) bond motifs is 3. The first-order valence-corrected chi connectivity index (χ1v) is 18.9. The highest BCUT2D eigenvalue weighted by molar-refractivity contribution is 6.09. The zero-order chi connectivity index (χ0) is 37.6. The molecule has 54 heavy (non-hydrogen) atoms. The maximum absolute atomic E-state index is 14.6. The zero-order valence-electron chi connectivity index (χ0n) is 30.4. The highest BCUT2D eigenvalue weighted by Crippen LogP contribution is 2.48. The third kappa shape index (κ3) is 6.09. The maximum Gasteiger partial charge on any atom is 0.264 e. The molecule has 4 aliphatic heterocycles. The molecule has 1 saturated heterocycles.